The molecule has 0 aliphatic carbocycles. The molecule has 25 heavy (non-hydrogen) atoms. The predicted molar refractivity (Wildman–Crippen MR) is 108 cm³/mol. The van der Waals surface area contributed by atoms with Crippen molar-refractivity contribution in [1.29, 1.82) is 0 Å². The Bertz CT molecular complexity index is 236. The summed E-state index contributed by atoms with van der Waals surface area (Å²) < 4.78 is 4.91. The number of aliphatic hydroxyl groups excluding tert-OH is 2. The number of hydrogen-bond donors (Lipinski definition) is 2. The molecular weight excluding hydrogens is 327 g/mol. The Hall–Kier alpha value is 0.390. The summed E-state index contributed by atoms with van der Waals surface area (Å²) in [6.07, 6.45) is 19.0. The quantitative estimate of drug-likeness (QED) is 0.241. The summed E-state index contributed by atoms with van der Waals surface area (Å²) >= 11 is 0. The molecule has 0 radical (unpaired) electrons. The van der Waals surface area contributed by atoms with Crippen LogP contribution >= 0.6 is 0 Å². The maximum absolute atomic E-state index is 10.6. The van der Waals surface area contributed by atoms with Crippen molar-refractivity contribution in [3.63, 3.8) is 0 Å². The zero-order chi connectivity index (χ0) is 18.3. The Morgan fingerprint density at radius 2 is 1.00 bits per heavy atom. The van der Waals surface area contributed by atoms with Gasteiger partial charge in [-0.2, -0.15) is 0 Å². The first kappa shape index (κ1) is 30.1. The Morgan fingerprint density at radius 1 is 0.680 bits per heavy atom. The molecule has 0 fully saturated rings. The molecule has 0 saturated carbocycles. The number of rotatable bonds is 16. The van der Waals surface area contributed by atoms with Gasteiger partial charge in [-0.3, -0.25) is 4.79 Å². The van der Waals surface area contributed by atoms with E-state index in [4.69, 9.17) is 14.9 Å². The van der Waals surface area contributed by atoms with Crippen LogP contribution in [-0.2, 0) is 9.53 Å². The molecule has 0 heterocycles. The van der Waals surface area contributed by atoms with Crippen LogP contribution in [0, 0.1) is 0 Å². The molecule has 2 N–H and O–H groups in total. The van der Waals surface area contributed by atoms with E-state index in [1.165, 1.54) is 90.4 Å². The van der Waals surface area contributed by atoms with Crippen molar-refractivity contribution in [1.82, 2.24) is 0 Å². The van der Waals surface area contributed by atoms with Crippen molar-refractivity contribution in [2.45, 2.75) is 104 Å². The summed E-state index contributed by atoms with van der Waals surface area (Å²) in [7, 11) is 0. The van der Waals surface area contributed by atoms with Crippen molar-refractivity contribution in [2.24, 2.45) is 0 Å². The van der Waals surface area contributed by atoms with E-state index in [2.05, 4.69) is 6.92 Å². The first-order valence-corrected chi connectivity index (χ1v) is 10.0. The van der Waals surface area contributed by atoms with Crippen LogP contribution < -0.4 is 0 Å². The van der Waals surface area contributed by atoms with Gasteiger partial charge in [-0.1, -0.05) is 90.4 Å². The van der Waals surface area contributed by atoms with Gasteiger partial charge < -0.3 is 14.9 Å². The molecule has 4 nitrogen and oxygen atoms in total. The third kappa shape index (κ3) is 36.2. The molecule has 0 amide bonds. The van der Waals surface area contributed by atoms with Crippen LogP contribution in [0.2, 0.25) is 0 Å². The van der Waals surface area contributed by atoms with Crippen LogP contribution in [0.5, 0.6) is 0 Å². The summed E-state index contributed by atoms with van der Waals surface area (Å²) in [6, 6.07) is 0. The zero-order valence-corrected chi connectivity index (χ0v) is 16.2. The van der Waals surface area contributed by atoms with Gasteiger partial charge in [0.25, 0.3) is 0 Å². The first-order chi connectivity index (χ1) is 11.7. The minimum atomic E-state index is -0.153. The zero-order valence-electron chi connectivity index (χ0n) is 16.2. The van der Waals surface area contributed by atoms with E-state index >= 15 is 0 Å². The van der Waals surface area contributed by atoms with Crippen LogP contribution in [0.3, 0.4) is 0 Å². The van der Waals surface area contributed by atoms with Gasteiger partial charge in [-0.05, 0) is 6.42 Å². The van der Waals surface area contributed by atoms with Gasteiger partial charge in [0, 0.05) is 6.92 Å². The monoisotopic (exact) mass is 370 g/mol. The fraction of sp³-hybridized carbons (Fsp3) is 0.950. The molecule has 148 valence electrons. The van der Waals surface area contributed by atoms with E-state index in [0.29, 0.717) is 6.61 Å². The number of unbranched alkanes of at least 4 members (excludes halogenated alkanes) is 13. The van der Waals surface area contributed by atoms with Gasteiger partial charge in [0.05, 0.1) is 19.8 Å². The third-order valence-electron chi connectivity index (χ3n) is 3.90. The standard InChI is InChI=1S/C18H36O2.C2H6O2.Na.H/c1-3-4-5-6-7-8-9-10-11-12-13-14-15-16-17-20-18(2)19;3-1-2-4;;/h3-17H2,1-2H3;3-4H,1-2H2;;. The van der Waals surface area contributed by atoms with Crippen LogP contribution in [0.1, 0.15) is 104 Å². The molecule has 0 saturated heterocycles. The van der Waals surface area contributed by atoms with E-state index in [0.717, 1.165) is 6.42 Å². The molecule has 0 atom stereocenters. The van der Waals surface area contributed by atoms with Gasteiger partial charge >= 0.3 is 35.5 Å². The van der Waals surface area contributed by atoms with Gasteiger partial charge in [0.2, 0.25) is 0 Å². The van der Waals surface area contributed by atoms with Crippen LogP contribution in [0.4, 0.5) is 0 Å². The molecule has 0 bridgehead atoms. The molecule has 0 aromatic heterocycles. The second kappa shape index (κ2) is 29.2. The van der Waals surface area contributed by atoms with Gasteiger partial charge in [0.1, 0.15) is 0 Å². The summed E-state index contributed by atoms with van der Waals surface area (Å²) in [5.74, 6) is -0.153. The van der Waals surface area contributed by atoms with Crippen LogP contribution in [0.25, 0.3) is 0 Å². The molecule has 0 rings (SSSR count). The second-order valence-corrected chi connectivity index (χ2v) is 6.38. The van der Waals surface area contributed by atoms with Crippen LogP contribution in [-0.4, -0.2) is 65.6 Å². The number of ether oxygens (including phenoxy) is 1. The fourth-order valence-corrected chi connectivity index (χ4v) is 2.51. The van der Waals surface area contributed by atoms with Crippen molar-refractivity contribution in [2.75, 3.05) is 19.8 Å². The average molecular weight is 371 g/mol. The molecule has 0 unspecified atom stereocenters. The summed E-state index contributed by atoms with van der Waals surface area (Å²) in [5, 5.41) is 15.2. The molecule has 0 aromatic rings. The molecule has 0 spiro atoms. The minimum absolute atomic E-state index is 0. The molecular formula is C20H43NaO4. The molecule has 0 aliphatic heterocycles. The summed E-state index contributed by atoms with van der Waals surface area (Å²) in [5.41, 5.74) is 0. The topological polar surface area (TPSA) is 66.8 Å². The van der Waals surface area contributed by atoms with Crippen LogP contribution in [0.15, 0.2) is 0 Å². The average Bonchev–Trinajstić information content (AvgIpc) is 2.58. The Morgan fingerprint density at radius 3 is 1.28 bits per heavy atom. The van der Waals surface area contributed by atoms with Crippen molar-refractivity contribution in [3.8, 4) is 0 Å². The van der Waals surface area contributed by atoms with E-state index in [1.807, 2.05) is 0 Å². The van der Waals surface area contributed by atoms with E-state index in [1.54, 1.807) is 0 Å². The Balaban J connectivity index is -0.000000867. The normalized spacial score (nSPS) is 9.76. The maximum atomic E-state index is 10.6. The van der Waals surface area contributed by atoms with Crippen molar-refractivity contribution < 1.29 is 19.7 Å². The number of carbonyl (C=O) groups excluding carboxylic acids is 1. The van der Waals surface area contributed by atoms with E-state index < -0.39 is 0 Å². The summed E-state index contributed by atoms with van der Waals surface area (Å²) in [4.78, 5) is 10.6. The van der Waals surface area contributed by atoms with E-state index in [9.17, 15) is 4.79 Å². The molecule has 5 heteroatoms. The molecule has 0 aliphatic rings. The number of carbonyl (C=O) groups is 1. The Kier molecular flexibility index (Phi) is 35.1. The fourth-order valence-electron chi connectivity index (χ4n) is 2.51. The van der Waals surface area contributed by atoms with Gasteiger partial charge in [-0.25, -0.2) is 0 Å². The second-order valence-electron chi connectivity index (χ2n) is 6.38. The summed E-state index contributed by atoms with van der Waals surface area (Å²) in [6.45, 7) is 4.10. The van der Waals surface area contributed by atoms with E-state index in [-0.39, 0.29) is 48.7 Å². The third-order valence-corrected chi connectivity index (χ3v) is 3.90. The predicted octanol–water partition coefficient (Wildman–Crippen LogP) is 4.35. The SMILES string of the molecule is CCCCCCCCCCCCCCCCOC(C)=O.OCCO.[NaH]. The number of esters is 1. The van der Waals surface area contributed by atoms with Gasteiger partial charge in [-0.15, -0.1) is 0 Å². The van der Waals surface area contributed by atoms with Crippen molar-refractivity contribution in [3.05, 3.63) is 0 Å². The Labute approximate surface area is 178 Å². The van der Waals surface area contributed by atoms with Crippen molar-refractivity contribution >= 4 is 35.5 Å². The first-order valence-electron chi connectivity index (χ1n) is 10.0. The molecule has 0 aromatic carbocycles. The van der Waals surface area contributed by atoms with Gasteiger partial charge in [0.15, 0.2) is 0 Å². The number of hydrogen-bond acceptors (Lipinski definition) is 4. The number of aliphatic hydroxyl groups is 2.